The van der Waals surface area contributed by atoms with Crippen LogP contribution in [0.25, 0.3) is 0 Å². The predicted molar refractivity (Wildman–Crippen MR) is 149 cm³/mol. The summed E-state index contributed by atoms with van der Waals surface area (Å²) in [7, 11) is 0. The number of carbonyl (C=O) groups is 3. The van der Waals surface area contributed by atoms with Gasteiger partial charge in [-0.15, -0.1) is 0 Å². The van der Waals surface area contributed by atoms with Gasteiger partial charge >= 0.3 is 17.9 Å². The second-order valence-electron chi connectivity index (χ2n) is 12.3. The number of ether oxygens (including phenoxy) is 3. The Balaban J connectivity index is 1.32. The van der Waals surface area contributed by atoms with Gasteiger partial charge in [0.25, 0.3) is 0 Å². The van der Waals surface area contributed by atoms with Gasteiger partial charge in [0.05, 0.1) is 16.7 Å². The SMILES string of the molecule is Cc1ccc(C(=O)OC23CC4CC(OC(=O)c5ccc(C)cc5)(C2)CC(OC(=O)c2ccc(C)cc2)(C4)C3)cc1. The van der Waals surface area contributed by atoms with E-state index < -0.39 is 34.7 Å². The molecule has 7 rings (SSSR count). The van der Waals surface area contributed by atoms with E-state index in [9.17, 15) is 14.4 Å². The second-order valence-corrected chi connectivity index (χ2v) is 12.3. The first-order chi connectivity index (χ1) is 19.1. The first-order valence-electron chi connectivity index (χ1n) is 14.0. The summed E-state index contributed by atoms with van der Waals surface area (Å²) in [6.07, 6.45) is 3.11. The fourth-order valence-electron chi connectivity index (χ4n) is 7.35. The van der Waals surface area contributed by atoms with Gasteiger partial charge in [0, 0.05) is 19.3 Å². The van der Waals surface area contributed by atoms with Gasteiger partial charge in [0.15, 0.2) is 0 Å². The Morgan fingerprint density at radius 3 is 1.00 bits per heavy atom. The molecule has 0 radical (unpaired) electrons. The zero-order valence-electron chi connectivity index (χ0n) is 23.2. The van der Waals surface area contributed by atoms with E-state index in [4.69, 9.17) is 14.2 Å². The van der Waals surface area contributed by atoms with Crippen LogP contribution >= 0.6 is 0 Å². The van der Waals surface area contributed by atoms with Gasteiger partial charge in [-0.1, -0.05) is 53.1 Å². The molecule has 0 atom stereocenters. The summed E-state index contributed by atoms with van der Waals surface area (Å²) in [5, 5.41) is 0. The number of hydrogen-bond donors (Lipinski definition) is 0. The minimum atomic E-state index is -0.900. The topological polar surface area (TPSA) is 78.9 Å². The summed E-state index contributed by atoms with van der Waals surface area (Å²) in [6, 6.07) is 21.9. The summed E-state index contributed by atoms with van der Waals surface area (Å²) >= 11 is 0. The molecule has 0 N–H and O–H groups in total. The molecule has 40 heavy (non-hydrogen) atoms. The minimum absolute atomic E-state index is 0.0821. The Morgan fingerprint density at radius 2 is 0.750 bits per heavy atom. The summed E-state index contributed by atoms with van der Waals surface area (Å²) in [5.74, 6) is -1.16. The van der Waals surface area contributed by atoms with Crippen LogP contribution in [0.4, 0.5) is 0 Å². The van der Waals surface area contributed by atoms with E-state index in [0.29, 0.717) is 55.2 Å². The molecule has 3 aromatic rings. The van der Waals surface area contributed by atoms with Crippen LogP contribution in [-0.2, 0) is 14.2 Å². The summed E-state index contributed by atoms with van der Waals surface area (Å²) in [6.45, 7) is 5.89. The van der Waals surface area contributed by atoms with E-state index in [1.54, 1.807) is 36.4 Å². The van der Waals surface area contributed by atoms with Crippen molar-refractivity contribution >= 4 is 17.9 Å². The van der Waals surface area contributed by atoms with E-state index in [1.807, 2.05) is 57.2 Å². The molecule has 206 valence electrons. The van der Waals surface area contributed by atoms with Crippen molar-refractivity contribution in [3.8, 4) is 0 Å². The Hall–Kier alpha value is -3.93. The number of hydrogen-bond acceptors (Lipinski definition) is 6. The molecule has 0 heterocycles. The fraction of sp³-hybridized carbons (Fsp3) is 0.382. The van der Waals surface area contributed by atoms with E-state index >= 15 is 0 Å². The van der Waals surface area contributed by atoms with Crippen LogP contribution in [0.2, 0.25) is 0 Å². The van der Waals surface area contributed by atoms with Gasteiger partial charge < -0.3 is 14.2 Å². The second kappa shape index (κ2) is 9.61. The number of aryl methyl sites for hydroxylation is 3. The molecule has 0 spiro atoms. The zero-order chi connectivity index (χ0) is 28.1. The molecule has 0 unspecified atom stereocenters. The molecule has 4 bridgehead atoms. The highest BCUT2D eigenvalue weighted by atomic mass is 16.6. The van der Waals surface area contributed by atoms with Crippen molar-refractivity contribution in [1.82, 2.24) is 0 Å². The Bertz CT molecular complexity index is 1270. The van der Waals surface area contributed by atoms with Crippen molar-refractivity contribution < 1.29 is 28.6 Å². The quantitative estimate of drug-likeness (QED) is 0.257. The molecule has 4 saturated carbocycles. The maximum atomic E-state index is 13.4. The molecule has 0 saturated heterocycles. The average molecular weight is 539 g/mol. The first-order valence-corrected chi connectivity index (χ1v) is 14.0. The van der Waals surface area contributed by atoms with Crippen LogP contribution in [0.15, 0.2) is 72.8 Å². The van der Waals surface area contributed by atoms with Gasteiger partial charge in [0.1, 0.15) is 16.8 Å². The maximum Gasteiger partial charge on any atom is 0.338 e. The van der Waals surface area contributed by atoms with Crippen molar-refractivity contribution in [3.05, 3.63) is 106 Å². The van der Waals surface area contributed by atoms with Crippen LogP contribution in [-0.4, -0.2) is 34.7 Å². The largest absolute Gasteiger partial charge is 0.455 e. The summed E-state index contributed by atoms with van der Waals surface area (Å²) < 4.78 is 18.9. The molecule has 3 aromatic carbocycles. The number of esters is 3. The number of carbonyl (C=O) groups excluding carboxylic acids is 3. The average Bonchev–Trinajstić information content (AvgIpc) is 2.88. The van der Waals surface area contributed by atoms with E-state index in [2.05, 4.69) is 0 Å². The lowest BCUT2D eigenvalue weighted by Crippen LogP contribution is -2.68. The van der Waals surface area contributed by atoms with E-state index in [1.165, 1.54) is 0 Å². The van der Waals surface area contributed by atoms with Gasteiger partial charge in [0.2, 0.25) is 0 Å². The summed E-state index contributed by atoms with van der Waals surface area (Å²) in [4.78, 5) is 40.1. The van der Waals surface area contributed by atoms with Gasteiger partial charge in [-0.3, -0.25) is 0 Å². The molecule has 4 aliphatic rings. The van der Waals surface area contributed by atoms with Crippen molar-refractivity contribution in [2.24, 2.45) is 5.92 Å². The standard InChI is InChI=1S/C34H34O6/c1-22-4-10-26(11-5-22)29(35)38-32-16-25-17-33(19-32,39-30(36)27-12-6-23(2)7-13-27)21-34(18-25,20-32)40-31(37)28-14-8-24(3)9-15-28/h4-15,25H,16-21H2,1-3H3. The van der Waals surface area contributed by atoms with Gasteiger partial charge in [-0.05, 0) is 82.3 Å². The van der Waals surface area contributed by atoms with E-state index in [0.717, 1.165) is 16.7 Å². The fourth-order valence-corrected chi connectivity index (χ4v) is 7.35. The van der Waals surface area contributed by atoms with Crippen molar-refractivity contribution in [1.29, 1.82) is 0 Å². The lowest BCUT2D eigenvalue weighted by atomic mass is 9.50. The molecule has 0 aromatic heterocycles. The van der Waals surface area contributed by atoms with Crippen molar-refractivity contribution in [2.45, 2.75) is 76.1 Å². The lowest BCUT2D eigenvalue weighted by molar-refractivity contribution is -0.251. The molecular weight excluding hydrogens is 504 g/mol. The van der Waals surface area contributed by atoms with Crippen LogP contribution in [0.1, 0.15) is 86.3 Å². The highest BCUT2D eigenvalue weighted by Gasteiger charge is 2.68. The Labute approximate surface area is 234 Å². The third kappa shape index (κ3) is 5.03. The molecule has 0 aliphatic heterocycles. The molecule has 6 nitrogen and oxygen atoms in total. The van der Waals surface area contributed by atoms with Crippen molar-refractivity contribution in [2.75, 3.05) is 0 Å². The maximum absolute atomic E-state index is 13.4. The predicted octanol–water partition coefficient (Wildman–Crippen LogP) is 6.70. The molecule has 4 fully saturated rings. The third-order valence-electron chi connectivity index (χ3n) is 8.70. The normalized spacial score (nSPS) is 28.1. The van der Waals surface area contributed by atoms with Gasteiger partial charge in [-0.25, -0.2) is 14.4 Å². The molecular formula is C34H34O6. The molecule has 0 amide bonds. The summed E-state index contributed by atoms with van der Waals surface area (Å²) in [5.41, 5.74) is 1.86. The van der Waals surface area contributed by atoms with Crippen molar-refractivity contribution in [3.63, 3.8) is 0 Å². The highest BCUT2D eigenvalue weighted by Crippen LogP contribution is 2.63. The first kappa shape index (κ1) is 26.3. The zero-order valence-corrected chi connectivity index (χ0v) is 23.2. The van der Waals surface area contributed by atoms with Crippen LogP contribution in [0, 0.1) is 26.7 Å². The molecule has 6 heteroatoms. The highest BCUT2D eigenvalue weighted by molar-refractivity contribution is 5.91. The lowest BCUT2D eigenvalue weighted by Gasteiger charge is -2.63. The molecule has 4 aliphatic carbocycles. The number of rotatable bonds is 6. The van der Waals surface area contributed by atoms with Crippen LogP contribution < -0.4 is 0 Å². The monoisotopic (exact) mass is 538 g/mol. The van der Waals surface area contributed by atoms with E-state index in [-0.39, 0.29) is 5.92 Å². The number of benzene rings is 3. The smallest absolute Gasteiger partial charge is 0.338 e. The van der Waals surface area contributed by atoms with Crippen LogP contribution in [0.5, 0.6) is 0 Å². The Kier molecular flexibility index (Phi) is 6.32. The minimum Gasteiger partial charge on any atom is -0.455 e. The van der Waals surface area contributed by atoms with Gasteiger partial charge in [-0.2, -0.15) is 0 Å². The third-order valence-corrected chi connectivity index (χ3v) is 8.70. The van der Waals surface area contributed by atoms with Crippen LogP contribution in [0.3, 0.4) is 0 Å². The Morgan fingerprint density at radius 1 is 0.500 bits per heavy atom.